The Hall–Kier alpha value is -2.78. The second kappa shape index (κ2) is 9.38. The minimum absolute atomic E-state index is 0.0116. The topological polar surface area (TPSA) is 151 Å². The summed E-state index contributed by atoms with van der Waals surface area (Å²) < 4.78 is 10.1. The maximum absolute atomic E-state index is 11.5. The molecule has 2 saturated carbocycles. The summed E-state index contributed by atoms with van der Waals surface area (Å²) in [7, 11) is 0. The number of amides is 2. The lowest BCUT2D eigenvalue weighted by atomic mass is 10.1. The molecule has 0 saturated heterocycles. The van der Waals surface area contributed by atoms with Crippen molar-refractivity contribution in [3.05, 3.63) is 12.7 Å². The van der Waals surface area contributed by atoms with E-state index in [0.717, 1.165) is 6.42 Å². The van der Waals surface area contributed by atoms with Gasteiger partial charge in [0.25, 0.3) is 0 Å². The summed E-state index contributed by atoms with van der Waals surface area (Å²) in [6, 6.07) is 0. The van der Waals surface area contributed by atoms with Gasteiger partial charge in [-0.1, -0.05) is 19.4 Å². The van der Waals surface area contributed by atoms with E-state index >= 15 is 0 Å². The van der Waals surface area contributed by atoms with Crippen molar-refractivity contribution < 1.29 is 38.9 Å². The van der Waals surface area contributed by atoms with E-state index < -0.39 is 46.4 Å². The normalized spacial score (nSPS) is 28.2. The molecular formula is C22H36N2O8. The number of hydrogen-bond acceptors (Lipinski definition) is 6. The molecule has 0 aromatic heterocycles. The van der Waals surface area contributed by atoms with Crippen molar-refractivity contribution in [3.63, 3.8) is 0 Å². The lowest BCUT2D eigenvalue weighted by Gasteiger charge is -2.22. The smallest absolute Gasteiger partial charge is 0.408 e. The highest BCUT2D eigenvalue weighted by Gasteiger charge is 2.61. The van der Waals surface area contributed by atoms with Crippen molar-refractivity contribution >= 4 is 24.1 Å². The first-order valence-electron chi connectivity index (χ1n) is 10.5. The number of carbonyl (C=O) groups excluding carboxylic acids is 2. The van der Waals surface area contributed by atoms with Crippen LogP contribution in [-0.2, 0) is 19.1 Å². The van der Waals surface area contributed by atoms with Gasteiger partial charge in [-0.25, -0.2) is 19.2 Å². The SMILES string of the molecule is C=C[C@@H]1C[C@]1(NC(=O)OC(C)(C)C)C(=O)O.CC[C@@H]1C[C@]1(NC(=O)OC(C)(C)C)C(=O)O. The van der Waals surface area contributed by atoms with Crippen LogP contribution >= 0.6 is 0 Å². The quantitative estimate of drug-likeness (QED) is 0.444. The number of hydrogen-bond donors (Lipinski definition) is 4. The maximum Gasteiger partial charge on any atom is 0.408 e. The summed E-state index contributed by atoms with van der Waals surface area (Å²) in [6.45, 7) is 15.8. The van der Waals surface area contributed by atoms with E-state index in [9.17, 15) is 19.2 Å². The van der Waals surface area contributed by atoms with Crippen LogP contribution < -0.4 is 10.6 Å². The van der Waals surface area contributed by atoms with Crippen LogP contribution in [0.1, 0.15) is 67.7 Å². The molecule has 0 spiro atoms. The van der Waals surface area contributed by atoms with Crippen LogP contribution in [0, 0.1) is 11.8 Å². The van der Waals surface area contributed by atoms with Gasteiger partial charge >= 0.3 is 24.1 Å². The second-order valence-electron chi connectivity index (χ2n) is 10.2. The number of aliphatic carboxylic acids is 2. The molecule has 32 heavy (non-hydrogen) atoms. The molecule has 2 amide bonds. The van der Waals surface area contributed by atoms with Crippen LogP contribution in [0.4, 0.5) is 9.59 Å². The largest absolute Gasteiger partial charge is 0.479 e. The van der Waals surface area contributed by atoms with Crippen molar-refractivity contribution in [2.24, 2.45) is 11.8 Å². The molecule has 182 valence electrons. The number of nitrogens with one attached hydrogen (secondary N) is 2. The molecular weight excluding hydrogens is 420 g/mol. The van der Waals surface area contributed by atoms with E-state index in [1.807, 2.05) is 6.92 Å². The molecule has 10 nitrogen and oxygen atoms in total. The molecule has 0 radical (unpaired) electrons. The third-order valence-electron chi connectivity index (χ3n) is 5.11. The highest BCUT2D eigenvalue weighted by molar-refractivity contribution is 5.89. The van der Waals surface area contributed by atoms with Gasteiger partial charge in [0.2, 0.25) is 0 Å². The van der Waals surface area contributed by atoms with Crippen LogP contribution in [0.25, 0.3) is 0 Å². The Morgan fingerprint density at radius 1 is 0.906 bits per heavy atom. The summed E-state index contributed by atoms with van der Waals surface area (Å²) in [5.74, 6) is -2.25. The van der Waals surface area contributed by atoms with Gasteiger partial charge in [0.15, 0.2) is 0 Å². The minimum atomic E-state index is -1.22. The Balaban J connectivity index is 0.000000320. The third kappa shape index (κ3) is 7.13. The molecule has 2 fully saturated rings. The van der Waals surface area contributed by atoms with Crippen molar-refractivity contribution in [2.45, 2.75) is 90.0 Å². The predicted molar refractivity (Wildman–Crippen MR) is 116 cm³/mol. The lowest BCUT2D eigenvalue weighted by Crippen LogP contribution is -2.46. The number of carbonyl (C=O) groups is 4. The number of alkyl carbamates (subject to hydrolysis) is 2. The minimum Gasteiger partial charge on any atom is -0.479 e. The van der Waals surface area contributed by atoms with Gasteiger partial charge < -0.3 is 30.3 Å². The summed E-state index contributed by atoms with van der Waals surface area (Å²) in [5, 5.41) is 23.0. The molecule has 0 unspecified atom stereocenters. The van der Waals surface area contributed by atoms with Gasteiger partial charge in [0.05, 0.1) is 0 Å². The first kappa shape index (κ1) is 27.3. The molecule has 2 rings (SSSR count). The average Bonchev–Trinajstić information content (AvgIpc) is 3.46. The van der Waals surface area contributed by atoms with Crippen LogP contribution in [0.3, 0.4) is 0 Å². The van der Waals surface area contributed by atoms with E-state index in [0.29, 0.717) is 12.8 Å². The van der Waals surface area contributed by atoms with Crippen LogP contribution in [0.15, 0.2) is 12.7 Å². The first-order chi connectivity index (χ1) is 14.4. The Labute approximate surface area is 188 Å². The zero-order chi connectivity index (χ0) is 25.1. The fourth-order valence-corrected chi connectivity index (χ4v) is 3.28. The fourth-order valence-electron chi connectivity index (χ4n) is 3.28. The zero-order valence-corrected chi connectivity index (χ0v) is 19.9. The van der Waals surface area contributed by atoms with Crippen LogP contribution in [-0.4, -0.2) is 56.6 Å². The van der Waals surface area contributed by atoms with Crippen molar-refractivity contribution in [2.75, 3.05) is 0 Å². The van der Waals surface area contributed by atoms with Crippen molar-refractivity contribution in [1.29, 1.82) is 0 Å². The third-order valence-corrected chi connectivity index (χ3v) is 5.11. The standard InChI is InChI=1S/C11H19NO4.C11H17NO4/c2*1-5-7-6-11(7,8(13)14)12-9(15)16-10(2,3)4/h7H,5-6H2,1-4H3,(H,12,15)(H,13,14);5,7H,1,6H2,2-4H3,(H,12,15)(H,13,14)/t2*7-,11-/m11/s1. The number of carboxylic acid groups (broad SMARTS) is 2. The van der Waals surface area contributed by atoms with Gasteiger partial charge in [-0.2, -0.15) is 0 Å². The number of carboxylic acids is 2. The average molecular weight is 457 g/mol. The van der Waals surface area contributed by atoms with Crippen molar-refractivity contribution in [3.8, 4) is 0 Å². The maximum atomic E-state index is 11.5. The van der Waals surface area contributed by atoms with E-state index in [-0.39, 0.29) is 11.8 Å². The molecule has 4 N–H and O–H groups in total. The zero-order valence-electron chi connectivity index (χ0n) is 19.9. The van der Waals surface area contributed by atoms with E-state index in [2.05, 4.69) is 17.2 Å². The van der Waals surface area contributed by atoms with Gasteiger partial charge in [-0.3, -0.25) is 0 Å². The molecule has 0 aromatic carbocycles. The van der Waals surface area contributed by atoms with Gasteiger partial charge in [0, 0.05) is 5.92 Å². The number of rotatable bonds is 6. The number of ether oxygens (including phenoxy) is 2. The second-order valence-corrected chi connectivity index (χ2v) is 10.2. The molecule has 0 heterocycles. The molecule has 10 heteroatoms. The lowest BCUT2D eigenvalue weighted by molar-refractivity contribution is -0.142. The van der Waals surface area contributed by atoms with Gasteiger partial charge in [-0.15, -0.1) is 6.58 Å². The molecule has 2 aliphatic carbocycles. The van der Waals surface area contributed by atoms with E-state index in [4.69, 9.17) is 19.7 Å². The Morgan fingerprint density at radius 2 is 1.31 bits per heavy atom. The first-order valence-corrected chi connectivity index (χ1v) is 10.5. The molecule has 0 aromatic rings. The molecule has 0 aliphatic heterocycles. The van der Waals surface area contributed by atoms with Gasteiger partial charge in [0.1, 0.15) is 22.3 Å². The highest BCUT2D eigenvalue weighted by atomic mass is 16.6. The van der Waals surface area contributed by atoms with Gasteiger partial charge in [-0.05, 0) is 60.3 Å². The van der Waals surface area contributed by atoms with Crippen LogP contribution in [0.2, 0.25) is 0 Å². The predicted octanol–water partition coefficient (Wildman–Crippen LogP) is 3.30. The molecule has 2 aliphatic rings. The summed E-state index contributed by atoms with van der Waals surface area (Å²) in [6.07, 6.45) is 1.75. The fraction of sp³-hybridized carbons (Fsp3) is 0.727. The summed E-state index contributed by atoms with van der Waals surface area (Å²) >= 11 is 0. The monoisotopic (exact) mass is 456 g/mol. The Bertz CT molecular complexity index is 767. The summed E-state index contributed by atoms with van der Waals surface area (Å²) in [5.41, 5.74) is -3.57. The van der Waals surface area contributed by atoms with E-state index in [1.165, 1.54) is 6.08 Å². The Kier molecular flexibility index (Phi) is 7.99. The van der Waals surface area contributed by atoms with Crippen molar-refractivity contribution in [1.82, 2.24) is 10.6 Å². The van der Waals surface area contributed by atoms with Crippen LogP contribution in [0.5, 0.6) is 0 Å². The molecule has 4 atom stereocenters. The summed E-state index contributed by atoms with van der Waals surface area (Å²) in [4.78, 5) is 45.1. The highest BCUT2D eigenvalue weighted by Crippen LogP contribution is 2.46. The Morgan fingerprint density at radius 3 is 1.56 bits per heavy atom. The molecule has 0 bridgehead atoms. The van der Waals surface area contributed by atoms with E-state index in [1.54, 1.807) is 41.5 Å².